The zero-order valence-electron chi connectivity index (χ0n) is 33.2. The summed E-state index contributed by atoms with van der Waals surface area (Å²) in [5, 5.41) is 18.1. The Hall–Kier alpha value is -7.28. The van der Waals surface area contributed by atoms with Crippen LogP contribution < -0.4 is 0 Å². The van der Waals surface area contributed by atoms with Gasteiger partial charge in [-0.2, -0.15) is 0 Å². The van der Waals surface area contributed by atoms with E-state index < -0.39 is 0 Å². The Kier molecular flexibility index (Phi) is 7.72. The first-order valence-corrected chi connectivity index (χ1v) is 22.8. The molecule has 0 fully saturated rings. The molecule has 0 aliphatic rings. The topological polar surface area (TPSA) is 0 Å². The van der Waals surface area contributed by atoms with Gasteiger partial charge in [-0.15, -0.1) is 0 Å². The molecular weight excluding hydrogens is 800 g/mol. The molecule has 0 unspecified atom stereocenters. The van der Waals surface area contributed by atoms with E-state index in [0.717, 1.165) is 0 Å². The normalized spacial score (nSPS) is 11.9. The first kappa shape index (κ1) is 34.6. The zero-order chi connectivity index (χ0) is 40.0. The molecule has 282 valence electrons. The van der Waals surface area contributed by atoms with Crippen molar-refractivity contribution < 1.29 is 0 Å². The molecular formula is C60H36Se. The van der Waals surface area contributed by atoms with Gasteiger partial charge < -0.3 is 0 Å². The van der Waals surface area contributed by atoms with Crippen molar-refractivity contribution >= 4 is 98.4 Å². The van der Waals surface area contributed by atoms with Crippen LogP contribution in [0.25, 0.3) is 128 Å². The van der Waals surface area contributed by atoms with E-state index in [1.807, 2.05) is 0 Å². The fourth-order valence-corrected chi connectivity index (χ4v) is 12.8. The SMILES string of the molecule is c1ccc2cc(-c3c4ccccc4c(-c4ccc5c(c4)[se]c4cccc(-c6c7ccccc7c(-c7ccc8ccccc8c7)c7ccccc67)c45)c4ccccc34)ccc2c1. The van der Waals surface area contributed by atoms with Gasteiger partial charge in [0.1, 0.15) is 0 Å². The predicted molar refractivity (Wildman–Crippen MR) is 265 cm³/mol. The van der Waals surface area contributed by atoms with E-state index in [1.54, 1.807) is 0 Å². The van der Waals surface area contributed by atoms with Gasteiger partial charge in [0, 0.05) is 0 Å². The van der Waals surface area contributed by atoms with Gasteiger partial charge >= 0.3 is 349 Å². The van der Waals surface area contributed by atoms with Gasteiger partial charge in [-0.1, -0.05) is 12.1 Å². The van der Waals surface area contributed by atoms with Crippen LogP contribution in [0, 0.1) is 0 Å². The molecule has 0 nitrogen and oxygen atoms in total. The van der Waals surface area contributed by atoms with Crippen LogP contribution in [0.5, 0.6) is 0 Å². The van der Waals surface area contributed by atoms with Crippen molar-refractivity contribution in [1.82, 2.24) is 0 Å². The van der Waals surface area contributed by atoms with Crippen LogP contribution >= 0.6 is 0 Å². The average Bonchev–Trinajstić information content (AvgIpc) is 3.70. The molecule has 0 spiro atoms. The minimum atomic E-state index is 0.157. The Bertz CT molecular complexity index is 3830. The molecule has 0 aliphatic carbocycles. The number of hydrogen-bond acceptors (Lipinski definition) is 0. The Morgan fingerprint density at radius 3 is 1.07 bits per heavy atom. The Balaban J connectivity index is 1.04. The predicted octanol–water partition coefficient (Wildman–Crippen LogP) is 16.6. The molecule has 13 rings (SSSR count). The van der Waals surface area contributed by atoms with Gasteiger partial charge in [-0.3, -0.25) is 0 Å². The van der Waals surface area contributed by atoms with Gasteiger partial charge in [0.15, 0.2) is 0 Å². The van der Waals surface area contributed by atoms with E-state index in [0.29, 0.717) is 0 Å². The molecule has 61 heavy (non-hydrogen) atoms. The number of hydrogen-bond donors (Lipinski definition) is 0. The third kappa shape index (κ3) is 5.32. The zero-order valence-corrected chi connectivity index (χ0v) is 34.9. The fraction of sp³-hybridized carbons (Fsp3) is 0. The van der Waals surface area contributed by atoms with Gasteiger partial charge in [0.05, 0.1) is 0 Å². The molecule has 0 aliphatic heterocycles. The van der Waals surface area contributed by atoms with Crippen molar-refractivity contribution in [2.75, 3.05) is 0 Å². The summed E-state index contributed by atoms with van der Waals surface area (Å²) in [6.07, 6.45) is 0. The molecule has 1 heteroatoms. The first-order valence-electron chi connectivity index (χ1n) is 21.1. The maximum absolute atomic E-state index is 2.52. The molecule has 0 saturated carbocycles. The third-order valence-corrected chi connectivity index (χ3v) is 15.3. The van der Waals surface area contributed by atoms with Crippen LogP contribution in [0.4, 0.5) is 0 Å². The molecule has 0 radical (unpaired) electrons. The molecule has 12 aromatic carbocycles. The maximum atomic E-state index is 2.52. The van der Waals surface area contributed by atoms with Crippen molar-refractivity contribution in [2.45, 2.75) is 0 Å². The summed E-state index contributed by atoms with van der Waals surface area (Å²) in [6.45, 7) is 0. The summed E-state index contributed by atoms with van der Waals surface area (Å²) in [5.74, 6) is 0. The first-order chi connectivity index (χ1) is 30.3. The van der Waals surface area contributed by atoms with E-state index in [1.165, 1.54) is 128 Å². The second-order valence-corrected chi connectivity index (χ2v) is 18.6. The van der Waals surface area contributed by atoms with E-state index in [2.05, 4.69) is 218 Å². The van der Waals surface area contributed by atoms with E-state index in [-0.39, 0.29) is 14.5 Å². The monoisotopic (exact) mass is 836 g/mol. The van der Waals surface area contributed by atoms with Gasteiger partial charge in [-0.25, -0.2) is 0 Å². The third-order valence-electron chi connectivity index (χ3n) is 13.0. The van der Waals surface area contributed by atoms with Crippen LogP contribution in [-0.4, -0.2) is 14.5 Å². The van der Waals surface area contributed by atoms with Crippen LogP contribution in [0.3, 0.4) is 0 Å². The van der Waals surface area contributed by atoms with Gasteiger partial charge in [0.25, 0.3) is 0 Å². The standard InChI is InChI=1S/C60H36Se/c1-3-16-39-34-41(30-28-37(39)14-1)56-44-18-5-7-20-46(44)58(47-21-8-6-19-45(47)56)43-32-33-52-55(36-43)61-54-27-13-26-53(60(52)54)59-50-24-11-9-22-48(50)57(49-23-10-12-25-51(49)59)42-31-29-38-15-2-4-17-40(38)35-42/h1-36H. The van der Waals surface area contributed by atoms with E-state index >= 15 is 0 Å². The summed E-state index contributed by atoms with van der Waals surface area (Å²) >= 11 is 0.157. The van der Waals surface area contributed by atoms with Crippen molar-refractivity contribution in [3.63, 3.8) is 0 Å². The van der Waals surface area contributed by atoms with Crippen molar-refractivity contribution in [3.8, 4) is 44.5 Å². The van der Waals surface area contributed by atoms with E-state index in [9.17, 15) is 0 Å². The van der Waals surface area contributed by atoms with Crippen molar-refractivity contribution in [2.24, 2.45) is 0 Å². The summed E-state index contributed by atoms with van der Waals surface area (Å²) < 4.78 is 2.89. The quantitative estimate of drug-likeness (QED) is 0.122. The number of fused-ring (bicyclic) bond motifs is 9. The molecule has 0 N–H and O–H groups in total. The summed E-state index contributed by atoms with van der Waals surface area (Å²) in [7, 11) is 0. The summed E-state index contributed by atoms with van der Waals surface area (Å²) in [6, 6.07) is 81.8. The Labute approximate surface area is 359 Å². The van der Waals surface area contributed by atoms with E-state index in [4.69, 9.17) is 0 Å². The molecule has 0 bridgehead atoms. The molecule has 1 heterocycles. The molecule has 0 atom stereocenters. The molecule has 0 saturated heterocycles. The number of benzene rings is 12. The van der Waals surface area contributed by atoms with Crippen molar-refractivity contribution in [1.29, 1.82) is 0 Å². The van der Waals surface area contributed by atoms with Crippen LogP contribution in [0.1, 0.15) is 0 Å². The summed E-state index contributed by atoms with van der Waals surface area (Å²) in [4.78, 5) is 0. The van der Waals surface area contributed by atoms with Gasteiger partial charge in [0.2, 0.25) is 0 Å². The second kappa shape index (κ2) is 13.6. The minimum absolute atomic E-state index is 0.157. The Morgan fingerprint density at radius 1 is 0.230 bits per heavy atom. The van der Waals surface area contributed by atoms with Crippen molar-refractivity contribution in [3.05, 3.63) is 218 Å². The summed E-state index contributed by atoms with van der Waals surface area (Å²) in [5.41, 5.74) is 10.3. The van der Waals surface area contributed by atoms with Gasteiger partial charge in [-0.05, 0) is 0 Å². The van der Waals surface area contributed by atoms with Crippen LogP contribution in [0.15, 0.2) is 218 Å². The second-order valence-electron chi connectivity index (χ2n) is 16.3. The van der Waals surface area contributed by atoms with Crippen LogP contribution in [0.2, 0.25) is 0 Å². The fourth-order valence-electron chi connectivity index (χ4n) is 10.4. The van der Waals surface area contributed by atoms with Crippen LogP contribution in [-0.2, 0) is 0 Å². The number of rotatable bonds is 4. The molecule has 0 amide bonds. The average molecular weight is 836 g/mol. The molecule has 1 aromatic heterocycles. The molecule has 13 aromatic rings. The Morgan fingerprint density at radius 2 is 0.607 bits per heavy atom.